The smallest absolute Gasteiger partial charge is 0.240 e. The summed E-state index contributed by atoms with van der Waals surface area (Å²) in [6.07, 6.45) is 18.0. The maximum atomic E-state index is 10.7. The van der Waals surface area contributed by atoms with Gasteiger partial charge in [0.25, 0.3) is 0 Å². The maximum Gasteiger partial charge on any atom is 0.240 e. The molecule has 9 heteroatoms. The minimum absolute atomic E-state index is 0.124. The van der Waals surface area contributed by atoms with Gasteiger partial charge in [0.2, 0.25) is 5.89 Å². The highest BCUT2D eigenvalue weighted by atomic mass is 16.6. The van der Waals surface area contributed by atoms with E-state index in [1.54, 1.807) is 13.2 Å². The van der Waals surface area contributed by atoms with Crippen molar-refractivity contribution >= 4 is 12.0 Å². The first kappa shape index (κ1) is 29.2. The molecule has 0 spiro atoms. The van der Waals surface area contributed by atoms with Crippen molar-refractivity contribution in [2.75, 3.05) is 53.9 Å². The first-order valence-electron chi connectivity index (χ1n) is 13.0. The minimum atomic E-state index is 0.124. The van der Waals surface area contributed by atoms with Crippen LogP contribution < -0.4 is 0 Å². The molecule has 1 aromatic heterocycles. The number of hydrogen-bond acceptors (Lipinski definition) is 9. The van der Waals surface area contributed by atoms with E-state index in [1.807, 2.05) is 56.5 Å². The number of nitrogens with zero attached hydrogens (tertiary/aromatic N) is 6. The summed E-state index contributed by atoms with van der Waals surface area (Å²) in [5.74, 6) is 1.44. The van der Waals surface area contributed by atoms with Crippen molar-refractivity contribution in [1.82, 2.24) is 24.8 Å². The molecule has 1 unspecified atom stereocenters. The van der Waals surface area contributed by atoms with Crippen LogP contribution in [0.4, 0.5) is 0 Å². The fourth-order valence-electron chi connectivity index (χ4n) is 4.47. The molecule has 9 nitrogen and oxygen atoms in total. The average molecular weight is 521 g/mol. The van der Waals surface area contributed by atoms with Crippen molar-refractivity contribution in [3.63, 3.8) is 0 Å². The van der Waals surface area contributed by atoms with Crippen LogP contribution in [-0.4, -0.2) is 90.8 Å². The van der Waals surface area contributed by atoms with E-state index < -0.39 is 0 Å². The van der Waals surface area contributed by atoms with Crippen LogP contribution in [0, 0.1) is 0 Å². The van der Waals surface area contributed by atoms with Gasteiger partial charge in [-0.3, -0.25) is 14.6 Å². The third kappa shape index (κ3) is 8.58. The van der Waals surface area contributed by atoms with Gasteiger partial charge in [0.05, 0.1) is 18.3 Å². The second-order valence-corrected chi connectivity index (χ2v) is 9.55. The molecule has 38 heavy (non-hydrogen) atoms. The summed E-state index contributed by atoms with van der Waals surface area (Å²) >= 11 is 0. The number of likely N-dealkylation sites (N-methyl/N-ethyl adjacent to an activating group) is 1. The van der Waals surface area contributed by atoms with Gasteiger partial charge in [-0.05, 0) is 44.2 Å². The SMILES string of the molecule is C=C/C=C(\C=C/C)C1=CC=C(C=O)CC=C1.CO/N=C1/CC(c2noc(CN3CCN(C)CC3)n2)N(C)C1. The van der Waals surface area contributed by atoms with Gasteiger partial charge in [-0.2, -0.15) is 4.98 Å². The molecule has 4 rings (SSSR count). The van der Waals surface area contributed by atoms with Crippen molar-refractivity contribution < 1.29 is 14.2 Å². The Morgan fingerprint density at radius 2 is 2.05 bits per heavy atom. The monoisotopic (exact) mass is 520 g/mol. The highest BCUT2D eigenvalue weighted by Gasteiger charge is 2.32. The molecule has 2 aliphatic heterocycles. The third-order valence-electron chi connectivity index (χ3n) is 6.61. The number of likely N-dealkylation sites (tertiary alicyclic amines) is 1. The first-order chi connectivity index (χ1) is 18.5. The number of carbonyl (C=O) groups is 1. The molecule has 0 aromatic carbocycles. The Bertz CT molecular complexity index is 1120. The van der Waals surface area contributed by atoms with E-state index in [1.165, 1.54) is 0 Å². The molecule has 1 aliphatic carbocycles. The summed E-state index contributed by atoms with van der Waals surface area (Å²) in [4.78, 5) is 27.0. The summed E-state index contributed by atoms with van der Waals surface area (Å²) in [7, 11) is 5.76. The molecule has 3 heterocycles. The summed E-state index contributed by atoms with van der Waals surface area (Å²) in [6.45, 7) is 11.4. The number of carbonyl (C=O) groups excluding carboxylic acids is 1. The fourth-order valence-corrected chi connectivity index (χ4v) is 4.47. The Morgan fingerprint density at radius 3 is 2.74 bits per heavy atom. The summed E-state index contributed by atoms with van der Waals surface area (Å²) < 4.78 is 5.44. The van der Waals surface area contributed by atoms with Gasteiger partial charge in [0.1, 0.15) is 13.4 Å². The summed E-state index contributed by atoms with van der Waals surface area (Å²) in [6, 6.07) is 0.124. The molecular formula is C29H40N6O3. The Hall–Kier alpha value is -3.40. The van der Waals surface area contributed by atoms with Crippen LogP contribution in [0.5, 0.6) is 0 Å². The average Bonchev–Trinajstić information content (AvgIpc) is 3.43. The zero-order valence-corrected chi connectivity index (χ0v) is 23.0. The van der Waals surface area contributed by atoms with E-state index in [-0.39, 0.29) is 6.04 Å². The van der Waals surface area contributed by atoms with Crippen LogP contribution in [0.25, 0.3) is 0 Å². The van der Waals surface area contributed by atoms with Crippen molar-refractivity contribution in [3.05, 3.63) is 83.6 Å². The van der Waals surface area contributed by atoms with Crippen LogP contribution in [-0.2, 0) is 16.2 Å². The first-order valence-corrected chi connectivity index (χ1v) is 13.0. The largest absolute Gasteiger partial charge is 0.399 e. The molecule has 0 amide bonds. The van der Waals surface area contributed by atoms with Crippen molar-refractivity contribution in [2.45, 2.75) is 32.4 Å². The zero-order valence-electron chi connectivity index (χ0n) is 23.0. The lowest BCUT2D eigenvalue weighted by molar-refractivity contribution is -0.105. The lowest BCUT2D eigenvalue weighted by Crippen LogP contribution is -2.43. The van der Waals surface area contributed by atoms with Crippen LogP contribution in [0.2, 0.25) is 0 Å². The van der Waals surface area contributed by atoms with E-state index in [0.717, 1.165) is 80.2 Å². The van der Waals surface area contributed by atoms with E-state index in [2.05, 4.69) is 43.6 Å². The highest BCUT2D eigenvalue weighted by Crippen LogP contribution is 2.27. The standard InChI is InChI=1S/C15H16O.C14H24N6O2/c1-3-6-14(7-4-2)15-9-5-8-13(12-16)10-11-15;1-18-4-6-20(7-5-18)10-13-15-14(17-22-13)12-8-11(16-21-3)9-19(12)2/h3-7,9-12H,1,8H2,2H3;12H,4-10H2,1-3H3/b7-4-,14-6+;16-11-. The maximum absolute atomic E-state index is 10.7. The Morgan fingerprint density at radius 1 is 1.26 bits per heavy atom. The molecule has 2 fully saturated rings. The predicted molar refractivity (Wildman–Crippen MR) is 151 cm³/mol. The van der Waals surface area contributed by atoms with E-state index in [9.17, 15) is 4.79 Å². The quantitative estimate of drug-likeness (QED) is 0.290. The van der Waals surface area contributed by atoms with Crippen LogP contribution in [0.15, 0.2) is 81.6 Å². The van der Waals surface area contributed by atoms with Gasteiger partial charge in [0.15, 0.2) is 5.82 Å². The third-order valence-corrected chi connectivity index (χ3v) is 6.61. The highest BCUT2D eigenvalue weighted by molar-refractivity contribution is 5.88. The topological polar surface area (TPSA) is 87.3 Å². The lowest BCUT2D eigenvalue weighted by Gasteiger charge is -2.31. The number of piperazine rings is 1. The Balaban J connectivity index is 0.000000223. The fraction of sp³-hybridized carbons (Fsp3) is 0.448. The molecule has 204 valence electrons. The van der Waals surface area contributed by atoms with Crippen LogP contribution in [0.3, 0.4) is 0 Å². The number of aldehydes is 1. The molecular weight excluding hydrogens is 480 g/mol. The molecule has 0 N–H and O–H groups in total. The Kier molecular flexibility index (Phi) is 11.6. The summed E-state index contributed by atoms with van der Waals surface area (Å²) in [5, 5.41) is 8.20. The van der Waals surface area contributed by atoms with Gasteiger partial charge in [-0.25, -0.2) is 0 Å². The minimum Gasteiger partial charge on any atom is -0.399 e. The van der Waals surface area contributed by atoms with E-state index in [4.69, 9.17) is 9.36 Å². The van der Waals surface area contributed by atoms with Crippen molar-refractivity contribution in [2.24, 2.45) is 5.16 Å². The van der Waals surface area contributed by atoms with Gasteiger partial charge in [-0.1, -0.05) is 65.5 Å². The molecule has 3 aliphatic rings. The van der Waals surface area contributed by atoms with E-state index >= 15 is 0 Å². The molecule has 0 saturated carbocycles. The molecule has 0 bridgehead atoms. The summed E-state index contributed by atoms with van der Waals surface area (Å²) in [5.41, 5.74) is 4.00. The van der Waals surface area contributed by atoms with E-state index in [0.29, 0.717) is 12.3 Å². The van der Waals surface area contributed by atoms with Crippen molar-refractivity contribution in [3.8, 4) is 0 Å². The normalized spacial score (nSPS) is 22.6. The van der Waals surface area contributed by atoms with Crippen LogP contribution in [0.1, 0.15) is 37.5 Å². The van der Waals surface area contributed by atoms with Crippen molar-refractivity contribution in [1.29, 1.82) is 0 Å². The zero-order chi connectivity index (χ0) is 27.3. The Labute approximate surface area is 226 Å². The molecule has 1 aromatic rings. The number of oxime groups is 1. The number of allylic oxidation sites excluding steroid dienone is 11. The number of rotatable bonds is 8. The predicted octanol–water partition coefficient (Wildman–Crippen LogP) is 3.88. The van der Waals surface area contributed by atoms with Gasteiger partial charge >= 0.3 is 0 Å². The number of hydrogen-bond donors (Lipinski definition) is 0. The van der Waals surface area contributed by atoms with Crippen LogP contribution >= 0.6 is 0 Å². The lowest BCUT2D eigenvalue weighted by atomic mass is 10.0. The second kappa shape index (κ2) is 15.1. The number of aromatic nitrogens is 2. The van der Waals surface area contributed by atoms with Gasteiger partial charge < -0.3 is 14.3 Å². The molecule has 1 atom stereocenters. The second-order valence-electron chi connectivity index (χ2n) is 9.55. The molecule has 0 radical (unpaired) electrons. The molecule has 2 saturated heterocycles. The van der Waals surface area contributed by atoms with Gasteiger partial charge in [0, 0.05) is 39.1 Å². The van der Waals surface area contributed by atoms with Gasteiger partial charge in [-0.15, -0.1) is 0 Å².